The molecule has 1 aromatic rings. The summed E-state index contributed by atoms with van der Waals surface area (Å²) in [4.78, 5) is 14.5. The highest BCUT2D eigenvalue weighted by molar-refractivity contribution is 5.92. The normalized spacial score (nSPS) is 19.7. The van der Waals surface area contributed by atoms with Gasteiger partial charge in [0.1, 0.15) is 0 Å². The Labute approximate surface area is 82.1 Å². The standard InChI is InChI=1S/C11H13NO2/c13-11(14)9-7-2-1-3-8(7)12-10(9)6-4-5-6/h6,12H,1-5H2,(H,13,14). The van der Waals surface area contributed by atoms with E-state index in [1.807, 2.05) is 0 Å². The van der Waals surface area contributed by atoms with E-state index >= 15 is 0 Å². The lowest BCUT2D eigenvalue weighted by atomic mass is 10.1. The minimum Gasteiger partial charge on any atom is -0.478 e. The van der Waals surface area contributed by atoms with Crippen LogP contribution >= 0.6 is 0 Å². The maximum absolute atomic E-state index is 11.2. The molecule has 3 rings (SSSR count). The predicted molar refractivity (Wildman–Crippen MR) is 51.8 cm³/mol. The van der Waals surface area contributed by atoms with E-state index in [0.717, 1.165) is 43.4 Å². The number of carboxylic acid groups (broad SMARTS) is 1. The van der Waals surface area contributed by atoms with Gasteiger partial charge in [-0.2, -0.15) is 0 Å². The van der Waals surface area contributed by atoms with Crippen LogP contribution in [0.4, 0.5) is 0 Å². The van der Waals surface area contributed by atoms with Crippen LogP contribution in [0.3, 0.4) is 0 Å². The number of nitrogens with one attached hydrogen (secondary N) is 1. The molecule has 0 amide bonds. The van der Waals surface area contributed by atoms with Crippen molar-refractivity contribution in [1.82, 2.24) is 4.98 Å². The van der Waals surface area contributed by atoms with E-state index in [2.05, 4.69) is 4.98 Å². The van der Waals surface area contributed by atoms with Gasteiger partial charge < -0.3 is 10.1 Å². The summed E-state index contributed by atoms with van der Waals surface area (Å²) in [5.74, 6) is -0.238. The zero-order chi connectivity index (χ0) is 9.71. The van der Waals surface area contributed by atoms with Crippen molar-refractivity contribution >= 4 is 5.97 Å². The minimum absolute atomic E-state index is 0.506. The highest BCUT2D eigenvalue weighted by Crippen LogP contribution is 2.43. The molecule has 2 aliphatic carbocycles. The van der Waals surface area contributed by atoms with Gasteiger partial charge in [0.05, 0.1) is 5.56 Å². The number of aryl methyl sites for hydroxylation is 1. The highest BCUT2D eigenvalue weighted by atomic mass is 16.4. The van der Waals surface area contributed by atoms with E-state index in [9.17, 15) is 9.90 Å². The first-order valence-electron chi connectivity index (χ1n) is 5.24. The van der Waals surface area contributed by atoms with Gasteiger partial charge in [0.25, 0.3) is 0 Å². The zero-order valence-electron chi connectivity index (χ0n) is 7.97. The minimum atomic E-state index is -0.744. The molecule has 0 radical (unpaired) electrons. The quantitative estimate of drug-likeness (QED) is 0.752. The molecule has 1 heterocycles. The molecule has 0 bridgehead atoms. The van der Waals surface area contributed by atoms with Crippen LogP contribution in [0.25, 0.3) is 0 Å². The van der Waals surface area contributed by atoms with Crippen LogP contribution in [-0.2, 0) is 12.8 Å². The fourth-order valence-corrected chi connectivity index (χ4v) is 2.47. The fourth-order valence-electron chi connectivity index (χ4n) is 2.47. The van der Waals surface area contributed by atoms with Gasteiger partial charge in [0.15, 0.2) is 0 Å². The summed E-state index contributed by atoms with van der Waals surface area (Å²) in [5, 5.41) is 9.18. The van der Waals surface area contributed by atoms with Crippen molar-refractivity contribution in [2.24, 2.45) is 0 Å². The number of fused-ring (bicyclic) bond motifs is 1. The molecule has 3 heteroatoms. The van der Waals surface area contributed by atoms with Crippen molar-refractivity contribution in [3.8, 4) is 0 Å². The molecule has 3 nitrogen and oxygen atoms in total. The summed E-state index contributed by atoms with van der Waals surface area (Å²) >= 11 is 0. The Bertz CT molecular complexity index is 402. The number of aromatic amines is 1. The number of aromatic carboxylic acids is 1. The van der Waals surface area contributed by atoms with Gasteiger partial charge in [-0.3, -0.25) is 0 Å². The van der Waals surface area contributed by atoms with E-state index < -0.39 is 5.97 Å². The molecule has 2 N–H and O–H groups in total. The van der Waals surface area contributed by atoms with Gasteiger partial charge in [-0.15, -0.1) is 0 Å². The van der Waals surface area contributed by atoms with Gasteiger partial charge in [-0.1, -0.05) is 0 Å². The van der Waals surface area contributed by atoms with Crippen LogP contribution in [0, 0.1) is 0 Å². The number of rotatable bonds is 2. The molecule has 1 fully saturated rings. The van der Waals surface area contributed by atoms with E-state index in [1.165, 1.54) is 5.69 Å². The SMILES string of the molecule is O=C(O)c1c(C2CC2)[nH]c2c1CCC2. The number of hydrogen-bond acceptors (Lipinski definition) is 1. The molecule has 2 aliphatic rings. The largest absolute Gasteiger partial charge is 0.478 e. The summed E-state index contributed by atoms with van der Waals surface area (Å²) in [6.45, 7) is 0. The third-order valence-electron chi connectivity index (χ3n) is 3.27. The Hall–Kier alpha value is -1.25. The van der Waals surface area contributed by atoms with Gasteiger partial charge in [-0.25, -0.2) is 4.79 Å². The van der Waals surface area contributed by atoms with Gasteiger partial charge in [0.2, 0.25) is 0 Å². The molecule has 1 saturated carbocycles. The summed E-state index contributed by atoms with van der Waals surface area (Å²) in [7, 11) is 0. The maximum Gasteiger partial charge on any atom is 0.337 e. The molecule has 0 spiro atoms. The number of H-pyrrole nitrogens is 1. The molecule has 1 aromatic heterocycles. The number of hydrogen-bond donors (Lipinski definition) is 2. The highest BCUT2D eigenvalue weighted by Gasteiger charge is 2.34. The molecule has 74 valence electrons. The van der Waals surface area contributed by atoms with Crippen LogP contribution < -0.4 is 0 Å². The Kier molecular flexibility index (Phi) is 1.52. The third kappa shape index (κ3) is 1.01. The van der Waals surface area contributed by atoms with Crippen molar-refractivity contribution in [3.05, 3.63) is 22.5 Å². The van der Waals surface area contributed by atoms with E-state index in [1.54, 1.807) is 0 Å². The van der Waals surface area contributed by atoms with Crippen molar-refractivity contribution < 1.29 is 9.90 Å². The van der Waals surface area contributed by atoms with Gasteiger partial charge in [-0.05, 0) is 43.6 Å². The first-order valence-corrected chi connectivity index (χ1v) is 5.24. The zero-order valence-corrected chi connectivity index (χ0v) is 7.97. The summed E-state index contributed by atoms with van der Waals surface area (Å²) in [5.41, 5.74) is 3.87. The number of carboxylic acids is 1. The van der Waals surface area contributed by atoms with Gasteiger partial charge in [0, 0.05) is 11.4 Å². The van der Waals surface area contributed by atoms with E-state index in [0.29, 0.717) is 11.5 Å². The fraction of sp³-hybridized carbons (Fsp3) is 0.545. The molecule has 0 unspecified atom stereocenters. The number of aromatic nitrogens is 1. The molecule has 0 atom stereocenters. The van der Waals surface area contributed by atoms with Crippen LogP contribution in [0.1, 0.15) is 52.5 Å². The first kappa shape index (κ1) is 8.09. The Morgan fingerprint density at radius 1 is 1.36 bits per heavy atom. The summed E-state index contributed by atoms with van der Waals surface area (Å²) in [6.07, 6.45) is 5.38. The molecular weight excluding hydrogens is 178 g/mol. The van der Waals surface area contributed by atoms with Crippen molar-refractivity contribution in [1.29, 1.82) is 0 Å². The summed E-state index contributed by atoms with van der Waals surface area (Å²) in [6, 6.07) is 0. The summed E-state index contributed by atoms with van der Waals surface area (Å²) < 4.78 is 0. The van der Waals surface area contributed by atoms with Crippen molar-refractivity contribution in [2.45, 2.75) is 38.0 Å². The lowest BCUT2D eigenvalue weighted by Gasteiger charge is -1.99. The van der Waals surface area contributed by atoms with Crippen LogP contribution in [0.5, 0.6) is 0 Å². The first-order chi connectivity index (χ1) is 6.77. The maximum atomic E-state index is 11.2. The Morgan fingerprint density at radius 2 is 2.14 bits per heavy atom. The second-order valence-electron chi connectivity index (χ2n) is 4.30. The molecule has 0 aliphatic heterocycles. The Balaban J connectivity index is 2.15. The van der Waals surface area contributed by atoms with Gasteiger partial charge >= 0.3 is 5.97 Å². The second-order valence-corrected chi connectivity index (χ2v) is 4.30. The third-order valence-corrected chi connectivity index (χ3v) is 3.27. The smallest absolute Gasteiger partial charge is 0.337 e. The molecule has 0 aromatic carbocycles. The van der Waals surface area contributed by atoms with E-state index in [-0.39, 0.29) is 0 Å². The van der Waals surface area contributed by atoms with Crippen LogP contribution in [0.15, 0.2) is 0 Å². The van der Waals surface area contributed by atoms with E-state index in [4.69, 9.17) is 0 Å². The topological polar surface area (TPSA) is 53.1 Å². The van der Waals surface area contributed by atoms with Crippen LogP contribution in [-0.4, -0.2) is 16.1 Å². The Morgan fingerprint density at radius 3 is 2.79 bits per heavy atom. The molecule has 14 heavy (non-hydrogen) atoms. The predicted octanol–water partition coefficient (Wildman–Crippen LogP) is 2.08. The van der Waals surface area contributed by atoms with Crippen molar-refractivity contribution in [3.63, 3.8) is 0 Å². The monoisotopic (exact) mass is 191 g/mol. The average Bonchev–Trinajstić information content (AvgIpc) is 2.75. The molecule has 0 saturated heterocycles. The molecular formula is C11H13NO2. The number of carbonyl (C=O) groups is 1. The van der Waals surface area contributed by atoms with Crippen molar-refractivity contribution in [2.75, 3.05) is 0 Å². The average molecular weight is 191 g/mol. The second kappa shape index (κ2) is 2.62. The lowest BCUT2D eigenvalue weighted by molar-refractivity contribution is 0.0695. The lowest BCUT2D eigenvalue weighted by Crippen LogP contribution is -2.02. The van der Waals surface area contributed by atoms with Crippen LogP contribution in [0.2, 0.25) is 0 Å².